The van der Waals surface area contributed by atoms with Crippen LogP contribution in [0, 0.1) is 0 Å². The molecule has 0 aliphatic rings. The molecule has 0 bridgehead atoms. The largest absolute Gasteiger partial charge is 0.250 e. The summed E-state index contributed by atoms with van der Waals surface area (Å²) in [6, 6.07) is 0. The highest BCUT2D eigenvalue weighted by Crippen LogP contribution is 1.71. The van der Waals surface area contributed by atoms with Gasteiger partial charge in [-0.2, -0.15) is 0 Å². The lowest BCUT2D eigenvalue weighted by Gasteiger charge is -1.90. The molecule has 0 amide bonds. The van der Waals surface area contributed by atoms with Crippen LogP contribution in [-0.4, -0.2) is 25.6 Å². The van der Waals surface area contributed by atoms with E-state index < -0.39 is 0 Å². The Balaban J connectivity index is 2.45. The van der Waals surface area contributed by atoms with Gasteiger partial charge in [0.25, 0.3) is 0 Å². The van der Waals surface area contributed by atoms with Crippen LogP contribution >= 0.6 is 11.6 Å². The van der Waals surface area contributed by atoms with Gasteiger partial charge in [0.2, 0.25) is 0 Å². The first-order valence-electron chi connectivity index (χ1n) is 2.17. The molecule has 1 nitrogen and oxygen atoms in total. The summed E-state index contributed by atoms with van der Waals surface area (Å²) >= 11 is 5.22. The van der Waals surface area contributed by atoms with Crippen LogP contribution < -0.4 is 5.32 Å². The van der Waals surface area contributed by atoms with Gasteiger partial charge in [0.05, 0.1) is 0 Å². The average molecular weight is 125 g/mol. The molecule has 0 fully saturated rings. The zero-order valence-corrected chi connectivity index (χ0v) is 4.79. The molecule has 7 heavy (non-hydrogen) atoms. The number of halogens is 2. The Labute approximate surface area is 47.9 Å². The van der Waals surface area contributed by atoms with E-state index >= 15 is 0 Å². The molecule has 0 aliphatic heterocycles. The normalized spacial score (nSPS) is 9.43. The van der Waals surface area contributed by atoms with Crippen LogP contribution in [0.2, 0.25) is 0 Å². The Morgan fingerprint density at radius 2 is 2.14 bits per heavy atom. The van der Waals surface area contributed by atoms with Gasteiger partial charge in [-0.15, -0.1) is 11.6 Å². The van der Waals surface area contributed by atoms with Gasteiger partial charge in [0.1, 0.15) is 6.67 Å². The van der Waals surface area contributed by atoms with Crippen molar-refractivity contribution in [2.75, 3.05) is 25.6 Å². The van der Waals surface area contributed by atoms with Crippen molar-refractivity contribution in [3.05, 3.63) is 0 Å². The Morgan fingerprint density at radius 1 is 1.43 bits per heavy atom. The Hall–Kier alpha value is 0.180. The summed E-state index contributed by atoms with van der Waals surface area (Å²) in [6.45, 7) is 0.509. The molecule has 0 atom stereocenters. The van der Waals surface area contributed by atoms with Crippen LogP contribution in [0.25, 0.3) is 0 Å². The van der Waals surface area contributed by atoms with Gasteiger partial charge in [-0.05, 0) is 0 Å². The minimum absolute atomic E-state index is 0.298. The maximum atomic E-state index is 11.2. The van der Waals surface area contributed by atoms with Crippen LogP contribution in [0.1, 0.15) is 0 Å². The van der Waals surface area contributed by atoms with E-state index in [1.165, 1.54) is 0 Å². The van der Waals surface area contributed by atoms with Crippen molar-refractivity contribution in [2.24, 2.45) is 0 Å². The molecule has 43 valence electrons. The van der Waals surface area contributed by atoms with E-state index in [9.17, 15) is 4.39 Å². The molecule has 0 unspecified atom stereocenters. The van der Waals surface area contributed by atoms with Crippen molar-refractivity contribution in [3.63, 3.8) is 0 Å². The lowest BCUT2D eigenvalue weighted by atomic mass is 10.6. The summed E-state index contributed by atoms with van der Waals surface area (Å²) < 4.78 is 11.2. The topological polar surface area (TPSA) is 14.1 Å². The molecular formula is C4H8ClFN. The molecule has 0 rings (SSSR count). The molecule has 0 aromatic heterocycles. The third-order valence-corrected chi connectivity index (χ3v) is 0.654. The zero-order chi connectivity index (χ0) is 5.54. The van der Waals surface area contributed by atoms with Crippen molar-refractivity contribution >= 4 is 11.6 Å². The smallest absolute Gasteiger partial charge is 0.103 e. The van der Waals surface area contributed by atoms with Gasteiger partial charge < -0.3 is 0 Å². The highest BCUT2D eigenvalue weighted by atomic mass is 35.5. The quantitative estimate of drug-likeness (QED) is 0.389. The maximum Gasteiger partial charge on any atom is 0.103 e. The third-order valence-electron chi connectivity index (χ3n) is 0.485. The summed E-state index contributed by atoms with van der Waals surface area (Å²) in [5, 5.41) is 3.70. The molecule has 0 N–H and O–H groups in total. The van der Waals surface area contributed by atoms with Crippen molar-refractivity contribution in [3.8, 4) is 0 Å². The number of alkyl halides is 2. The average Bonchev–Trinajstić information content (AvgIpc) is 1.69. The highest BCUT2D eigenvalue weighted by Gasteiger charge is 1.82. The molecule has 1 radical (unpaired) electrons. The Morgan fingerprint density at radius 3 is 2.57 bits per heavy atom. The molecule has 0 aromatic carbocycles. The van der Waals surface area contributed by atoms with Crippen LogP contribution in [0.15, 0.2) is 0 Å². The van der Waals surface area contributed by atoms with Crippen LogP contribution in [0.3, 0.4) is 0 Å². The summed E-state index contributed by atoms with van der Waals surface area (Å²) in [4.78, 5) is 0. The summed E-state index contributed by atoms with van der Waals surface area (Å²) in [6.07, 6.45) is 0. The monoisotopic (exact) mass is 124 g/mol. The lowest BCUT2D eigenvalue weighted by Crippen LogP contribution is -2.10. The highest BCUT2D eigenvalue weighted by molar-refractivity contribution is 6.18. The molecule has 0 heterocycles. The summed E-state index contributed by atoms with van der Waals surface area (Å²) in [5.74, 6) is 0.500. The van der Waals surface area contributed by atoms with E-state index in [-0.39, 0.29) is 6.67 Å². The van der Waals surface area contributed by atoms with Crippen molar-refractivity contribution in [1.82, 2.24) is 5.32 Å². The predicted molar refractivity (Wildman–Crippen MR) is 28.6 cm³/mol. The van der Waals surface area contributed by atoms with Gasteiger partial charge in [-0.3, -0.25) is 0 Å². The van der Waals surface area contributed by atoms with E-state index in [4.69, 9.17) is 11.6 Å². The van der Waals surface area contributed by atoms with Crippen LogP contribution in [0.4, 0.5) is 4.39 Å². The van der Waals surface area contributed by atoms with E-state index in [1.54, 1.807) is 0 Å². The molecule has 0 saturated heterocycles. The minimum Gasteiger partial charge on any atom is -0.250 e. The minimum atomic E-state index is -0.364. The second-order valence-corrected chi connectivity index (χ2v) is 1.43. The predicted octanol–water partition coefficient (Wildman–Crippen LogP) is 0.799. The number of rotatable bonds is 4. The van der Waals surface area contributed by atoms with Crippen molar-refractivity contribution < 1.29 is 4.39 Å². The van der Waals surface area contributed by atoms with Crippen molar-refractivity contribution in [1.29, 1.82) is 0 Å². The standard InChI is InChI=1S/C4H8ClFN/c5-1-3-7-4-2-6/h1-4H2. The van der Waals surface area contributed by atoms with Gasteiger partial charge >= 0.3 is 0 Å². The van der Waals surface area contributed by atoms with Gasteiger partial charge in [-0.1, -0.05) is 0 Å². The summed E-state index contributed by atoms with van der Waals surface area (Å²) in [5.41, 5.74) is 0. The van der Waals surface area contributed by atoms with Gasteiger partial charge in [0.15, 0.2) is 0 Å². The van der Waals surface area contributed by atoms with Gasteiger partial charge in [-0.25, -0.2) is 9.71 Å². The van der Waals surface area contributed by atoms with Gasteiger partial charge in [0, 0.05) is 19.0 Å². The molecule has 3 heteroatoms. The Kier molecular flexibility index (Phi) is 6.34. The fourth-order valence-corrected chi connectivity index (χ4v) is 0.351. The third kappa shape index (κ3) is 6.18. The van der Waals surface area contributed by atoms with E-state index in [0.717, 1.165) is 0 Å². The number of hydrogen-bond acceptors (Lipinski definition) is 0. The first kappa shape index (κ1) is 7.18. The molecule has 0 aromatic rings. The maximum absolute atomic E-state index is 11.2. The first-order valence-corrected chi connectivity index (χ1v) is 2.70. The second kappa shape index (κ2) is 6.18. The molecular weight excluding hydrogens is 117 g/mol. The SMILES string of the molecule is FCC[N]CCCl. The Bertz CT molecular complexity index is 30.9. The van der Waals surface area contributed by atoms with E-state index in [1.807, 2.05) is 0 Å². The van der Waals surface area contributed by atoms with E-state index in [2.05, 4.69) is 5.32 Å². The fraction of sp³-hybridized carbons (Fsp3) is 1.00. The summed E-state index contributed by atoms with van der Waals surface area (Å²) in [7, 11) is 0. The van der Waals surface area contributed by atoms with Crippen LogP contribution in [0.5, 0.6) is 0 Å². The molecule has 0 spiro atoms. The second-order valence-electron chi connectivity index (χ2n) is 1.05. The molecule has 0 saturated carbocycles. The molecule has 0 aliphatic carbocycles. The number of hydrogen-bond donors (Lipinski definition) is 0. The zero-order valence-electron chi connectivity index (χ0n) is 4.03. The fourth-order valence-electron chi connectivity index (χ4n) is 0.231. The first-order chi connectivity index (χ1) is 3.41. The van der Waals surface area contributed by atoms with E-state index in [0.29, 0.717) is 19.0 Å². The number of nitrogens with zero attached hydrogens (tertiary/aromatic N) is 1. The lowest BCUT2D eigenvalue weighted by molar-refractivity contribution is 0.469. The van der Waals surface area contributed by atoms with Crippen molar-refractivity contribution in [2.45, 2.75) is 0 Å². The van der Waals surface area contributed by atoms with Crippen LogP contribution in [-0.2, 0) is 0 Å².